The fourth-order valence-electron chi connectivity index (χ4n) is 2.05. The minimum absolute atomic E-state index is 0.118. The first-order valence-electron chi connectivity index (χ1n) is 6.62. The monoisotopic (exact) mass is 306 g/mol. The summed E-state index contributed by atoms with van der Waals surface area (Å²) in [6.07, 6.45) is 2.50. The maximum atomic E-state index is 12.6. The Hall–Kier alpha value is -2.08. The molecule has 0 unspecified atom stereocenters. The van der Waals surface area contributed by atoms with Crippen LogP contribution in [-0.4, -0.2) is 25.1 Å². The second-order valence-electron chi connectivity index (χ2n) is 4.34. The summed E-state index contributed by atoms with van der Waals surface area (Å²) >= 11 is 1.52. The number of ether oxygens (including phenoxy) is 2. The van der Waals surface area contributed by atoms with E-state index in [0.29, 0.717) is 17.1 Å². The largest absolute Gasteiger partial charge is 0.496 e. The van der Waals surface area contributed by atoms with Crippen molar-refractivity contribution in [3.8, 4) is 11.5 Å². The zero-order chi connectivity index (χ0) is 15.2. The molecule has 0 radical (unpaired) electrons. The maximum Gasteiger partial charge on any atom is 0.259 e. The SMILES string of the molecule is CC[C@H](NC(=O)c1c(OC)cccc1OC)c1nccs1. The predicted octanol–water partition coefficient (Wildman–Crippen LogP) is 3.04. The fraction of sp³-hybridized carbons (Fsp3) is 0.333. The first-order chi connectivity index (χ1) is 10.2. The molecule has 1 aromatic carbocycles. The third-order valence-corrected chi connectivity index (χ3v) is 4.01. The van der Waals surface area contributed by atoms with Crippen molar-refractivity contribution in [2.24, 2.45) is 0 Å². The number of thiazole rings is 1. The van der Waals surface area contributed by atoms with Crippen molar-refractivity contribution in [3.63, 3.8) is 0 Å². The van der Waals surface area contributed by atoms with Gasteiger partial charge in [0.2, 0.25) is 0 Å². The van der Waals surface area contributed by atoms with Gasteiger partial charge >= 0.3 is 0 Å². The summed E-state index contributed by atoms with van der Waals surface area (Å²) in [7, 11) is 3.06. The lowest BCUT2D eigenvalue weighted by Crippen LogP contribution is -2.28. The van der Waals surface area contributed by atoms with E-state index in [2.05, 4.69) is 10.3 Å². The summed E-state index contributed by atoms with van der Waals surface area (Å²) in [5, 5.41) is 5.77. The van der Waals surface area contributed by atoms with Crippen molar-refractivity contribution in [1.29, 1.82) is 0 Å². The van der Waals surface area contributed by atoms with Gasteiger partial charge in [0.25, 0.3) is 5.91 Å². The Morgan fingerprint density at radius 1 is 1.33 bits per heavy atom. The fourth-order valence-corrected chi connectivity index (χ4v) is 2.82. The first-order valence-corrected chi connectivity index (χ1v) is 7.50. The molecule has 21 heavy (non-hydrogen) atoms. The molecule has 112 valence electrons. The number of amides is 1. The summed E-state index contributed by atoms with van der Waals surface area (Å²) < 4.78 is 10.5. The topological polar surface area (TPSA) is 60.5 Å². The summed E-state index contributed by atoms with van der Waals surface area (Å²) in [4.78, 5) is 16.8. The number of carbonyl (C=O) groups is 1. The van der Waals surface area contributed by atoms with Crippen molar-refractivity contribution < 1.29 is 14.3 Å². The highest BCUT2D eigenvalue weighted by molar-refractivity contribution is 7.09. The van der Waals surface area contributed by atoms with Gasteiger partial charge in [0.15, 0.2) is 0 Å². The van der Waals surface area contributed by atoms with Crippen molar-refractivity contribution in [2.75, 3.05) is 14.2 Å². The summed E-state index contributed by atoms with van der Waals surface area (Å²) in [5.74, 6) is 0.744. The Morgan fingerprint density at radius 3 is 2.48 bits per heavy atom. The molecule has 1 atom stereocenters. The Kier molecular flexibility index (Phi) is 5.16. The number of aromatic nitrogens is 1. The molecule has 0 fully saturated rings. The van der Waals surface area contributed by atoms with E-state index in [1.165, 1.54) is 25.6 Å². The number of carbonyl (C=O) groups excluding carboxylic acids is 1. The Balaban J connectivity index is 2.27. The van der Waals surface area contributed by atoms with E-state index in [1.54, 1.807) is 24.4 Å². The van der Waals surface area contributed by atoms with Gasteiger partial charge in [0, 0.05) is 11.6 Å². The van der Waals surface area contributed by atoms with E-state index < -0.39 is 0 Å². The van der Waals surface area contributed by atoms with Gasteiger partial charge in [-0.2, -0.15) is 0 Å². The molecule has 2 rings (SSSR count). The molecule has 1 heterocycles. The van der Waals surface area contributed by atoms with Crippen LogP contribution >= 0.6 is 11.3 Å². The quantitative estimate of drug-likeness (QED) is 0.891. The zero-order valence-electron chi connectivity index (χ0n) is 12.3. The minimum Gasteiger partial charge on any atom is -0.496 e. The van der Waals surface area contributed by atoms with Crippen LogP contribution in [0.5, 0.6) is 11.5 Å². The van der Waals surface area contributed by atoms with Crippen LogP contribution in [0.2, 0.25) is 0 Å². The second-order valence-corrected chi connectivity index (χ2v) is 5.27. The maximum absolute atomic E-state index is 12.6. The lowest BCUT2D eigenvalue weighted by Gasteiger charge is -2.17. The first kappa shape index (κ1) is 15.3. The number of nitrogens with zero attached hydrogens (tertiary/aromatic N) is 1. The van der Waals surface area contributed by atoms with Gasteiger partial charge in [0.1, 0.15) is 22.1 Å². The van der Waals surface area contributed by atoms with E-state index in [1.807, 2.05) is 12.3 Å². The molecule has 0 spiro atoms. The van der Waals surface area contributed by atoms with Gasteiger partial charge in [-0.3, -0.25) is 4.79 Å². The van der Waals surface area contributed by atoms with Gasteiger partial charge in [-0.25, -0.2) is 4.98 Å². The number of hydrogen-bond acceptors (Lipinski definition) is 5. The number of methoxy groups -OCH3 is 2. The van der Waals surface area contributed by atoms with E-state index in [4.69, 9.17) is 9.47 Å². The van der Waals surface area contributed by atoms with E-state index in [9.17, 15) is 4.79 Å². The highest BCUT2D eigenvalue weighted by Crippen LogP contribution is 2.29. The molecule has 0 saturated heterocycles. The normalized spacial score (nSPS) is 11.8. The lowest BCUT2D eigenvalue weighted by atomic mass is 10.1. The highest BCUT2D eigenvalue weighted by Gasteiger charge is 2.22. The van der Waals surface area contributed by atoms with Crippen molar-refractivity contribution in [3.05, 3.63) is 40.3 Å². The van der Waals surface area contributed by atoms with E-state index in [-0.39, 0.29) is 11.9 Å². The van der Waals surface area contributed by atoms with Crippen molar-refractivity contribution in [1.82, 2.24) is 10.3 Å². The van der Waals surface area contributed by atoms with Crippen molar-refractivity contribution in [2.45, 2.75) is 19.4 Å². The third kappa shape index (κ3) is 3.33. The molecule has 0 bridgehead atoms. The molecule has 5 nitrogen and oxygen atoms in total. The number of nitrogens with one attached hydrogen (secondary N) is 1. The minimum atomic E-state index is -0.230. The molecule has 1 aromatic heterocycles. The standard InChI is InChI=1S/C15H18N2O3S/c1-4-10(15-16-8-9-21-15)17-14(18)13-11(19-2)6-5-7-12(13)20-3/h5-10H,4H2,1-3H3,(H,17,18)/t10-/m0/s1. The molecule has 0 saturated carbocycles. The van der Waals surface area contributed by atoms with Crippen LogP contribution in [0.1, 0.15) is 34.8 Å². The zero-order valence-corrected chi connectivity index (χ0v) is 13.1. The summed E-state index contributed by atoms with van der Waals surface area (Å²) in [5.41, 5.74) is 0.400. The van der Waals surface area contributed by atoms with Gasteiger partial charge in [-0.15, -0.1) is 11.3 Å². The van der Waals surface area contributed by atoms with Crippen LogP contribution in [-0.2, 0) is 0 Å². The van der Waals surface area contributed by atoms with Gasteiger partial charge in [-0.1, -0.05) is 13.0 Å². The molecule has 0 aliphatic heterocycles. The van der Waals surface area contributed by atoms with E-state index >= 15 is 0 Å². The Morgan fingerprint density at radius 2 is 2.00 bits per heavy atom. The molecule has 1 amide bonds. The van der Waals surface area contributed by atoms with Crippen LogP contribution in [0.3, 0.4) is 0 Å². The van der Waals surface area contributed by atoms with Crippen LogP contribution in [0.4, 0.5) is 0 Å². The van der Waals surface area contributed by atoms with Gasteiger partial charge < -0.3 is 14.8 Å². The second kappa shape index (κ2) is 7.08. The lowest BCUT2D eigenvalue weighted by molar-refractivity contribution is 0.0929. The van der Waals surface area contributed by atoms with Gasteiger partial charge in [-0.05, 0) is 18.6 Å². The number of hydrogen-bond donors (Lipinski definition) is 1. The molecule has 0 aliphatic rings. The summed E-state index contributed by atoms with van der Waals surface area (Å²) in [6.45, 7) is 2.01. The third-order valence-electron chi connectivity index (χ3n) is 3.12. The average Bonchev–Trinajstić information content (AvgIpc) is 3.05. The van der Waals surface area contributed by atoms with Crippen LogP contribution in [0.25, 0.3) is 0 Å². The molecule has 0 aliphatic carbocycles. The summed E-state index contributed by atoms with van der Waals surface area (Å²) in [6, 6.07) is 5.14. The van der Waals surface area contributed by atoms with Crippen LogP contribution < -0.4 is 14.8 Å². The smallest absolute Gasteiger partial charge is 0.259 e. The molecule has 6 heteroatoms. The Labute approximate surface area is 127 Å². The van der Waals surface area contributed by atoms with Crippen molar-refractivity contribution >= 4 is 17.2 Å². The number of benzene rings is 1. The van der Waals surface area contributed by atoms with Gasteiger partial charge in [0.05, 0.1) is 20.3 Å². The molecule has 2 aromatic rings. The molecular formula is C15H18N2O3S. The van der Waals surface area contributed by atoms with Crippen LogP contribution in [0.15, 0.2) is 29.8 Å². The Bertz CT molecular complexity index is 577. The highest BCUT2D eigenvalue weighted by atomic mass is 32.1. The molecule has 1 N–H and O–H groups in total. The van der Waals surface area contributed by atoms with Crippen LogP contribution in [0, 0.1) is 0 Å². The average molecular weight is 306 g/mol. The molecular weight excluding hydrogens is 288 g/mol. The number of rotatable bonds is 6. The predicted molar refractivity (Wildman–Crippen MR) is 82.2 cm³/mol. The van der Waals surface area contributed by atoms with E-state index in [0.717, 1.165) is 11.4 Å².